The van der Waals surface area contributed by atoms with E-state index in [0.717, 1.165) is 0 Å². The highest BCUT2D eigenvalue weighted by molar-refractivity contribution is 4.89. The summed E-state index contributed by atoms with van der Waals surface area (Å²) in [6, 6.07) is 1.89. The van der Waals surface area contributed by atoms with E-state index in [0.29, 0.717) is 18.2 Å². The van der Waals surface area contributed by atoms with Crippen LogP contribution in [0.15, 0.2) is 9.32 Å². The third-order valence-electron chi connectivity index (χ3n) is 1.58. The number of hydrogen-bond acceptors (Lipinski definition) is 4. The topological polar surface area (TPSA) is 71.8 Å². The molecule has 5 heteroatoms. The fourth-order valence-electron chi connectivity index (χ4n) is 1.03. The number of aromatic nitrogens is 2. The van der Waals surface area contributed by atoms with E-state index in [1.165, 1.54) is 4.57 Å². The van der Waals surface area contributed by atoms with Gasteiger partial charge in [0, 0.05) is 6.42 Å². The van der Waals surface area contributed by atoms with Crippen molar-refractivity contribution in [1.82, 2.24) is 9.72 Å². The van der Waals surface area contributed by atoms with Crippen LogP contribution in [-0.4, -0.2) is 9.72 Å². The van der Waals surface area contributed by atoms with Crippen LogP contribution in [0.2, 0.25) is 0 Å². The van der Waals surface area contributed by atoms with E-state index in [9.17, 15) is 4.79 Å². The van der Waals surface area contributed by atoms with Crippen LogP contribution in [0.5, 0.6) is 0 Å². The lowest BCUT2D eigenvalue weighted by atomic mass is 10.1. The number of rotatable bonds is 3. The van der Waals surface area contributed by atoms with Crippen LogP contribution < -0.4 is 5.76 Å². The standard InChI is InChI=1S/C8H11N3O2/c1-6(2)5-7-10-13-8(12)11(7)4-3-9/h6H,4-5H2,1-2H3. The minimum Gasteiger partial charge on any atom is -0.296 e. The van der Waals surface area contributed by atoms with Crippen molar-refractivity contribution in [2.45, 2.75) is 26.8 Å². The summed E-state index contributed by atoms with van der Waals surface area (Å²) >= 11 is 0. The van der Waals surface area contributed by atoms with Crippen molar-refractivity contribution in [2.75, 3.05) is 0 Å². The molecule has 1 aromatic rings. The Kier molecular flexibility index (Phi) is 2.85. The molecular formula is C8H11N3O2. The fourth-order valence-corrected chi connectivity index (χ4v) is 1.03. The van der Waals surface area contributed by atoms with Crippen molar-refractivity contribution < 1.29 is 4.52 Å². The molecule has 0 N–H and O–H groups in total. The third kappa shape index (κ3) is 2.18. The van der Waals surface area contributed by atoms with E-state index >= 15 is 0 Å². The summed E-state index contributed by atoms with van der Waals surface area (Å²) in [7, 11) is 0. The van der Waals surface area contributed by atoms with Gasteiger partial charge in [-0.3, -0.25) is 4.52 Å². The second-order valence-corrected chi connectivity index (χ2v) is 3.21. The largest absolute Gasteiger partial charge is 0.442 e. The second kappa shape index (κ2) is 3.90. The number of nitriles is 1. The summed E-state index contributed by atoms with van der Waals surface area (Å²) in [6.45, 7) is 4.02. The lowest BCUT2D eigenvalue weighted by Crippen LogP contribution is -2.17. The van der Waals surface area contributed by atoms with Crippen molar-refractivity contribution >= 4 is 0 Å². The molecular weight excluding hydrogens is 170 g/mol. The summed E-state index contributed by atoms with van der Waals surface area (Å²) in [6.07, 6.45) is 0.646. The minimum atomic E-state index is -0.558. The molecule has 0 aliphatic rings. The van der Waals surface area contributed by atoms with E-state index in [2.05, 4.69) is 9.68 Å². The molecule has 13 heavy (non-hydrogen) atoms. The molecule has 0 fully saturated rings. The van der Waals surface area contributed by atoms with Gasteiger partial charge in [0.2, 0.25) is 0 Å². The maximum Gasteiger partial charge on any atom is 0.442 e. The van der Waals surface area contributed by atoms with Crippen LogP contribution in [-0.2, 0) is 13.0 Å². The fraction of sp³-hybridized carbons (Fsp3) is 0.625. The number of nitrogens with zero attached hydrogens (tertiary/aromatic N) is 3. The van der Waals surface area contributed by atoms with Crippen LogP contribution in [0.4, 0.5) is 0 Å². The zero-order valence-corrected chi connectivity index (χ0v) is 7.65. The minimum absolute atomic E-state index is 0.00435. The van der Waals surface area contributed by atoms with Crippen molar-refractivity contribution in [3.8, 4) is 6.07 Å². The Balaban J connectivity index is 2.95. The summed E-state index contributed by atoms with van der Waals surface area (Å²) in [4.78, 5) is 11.0. The summed E-state index contributed by atoms with van der Waals surface area (Å²) in [5.74, 6) is 0.369. The molecule has 0 aliphatic heterocycles. The lowest BCUT2D eigenvalue weighted by molar-refractivity contribution is 0.373. The molecule has 0 atom stereocenters. The van der Waals surface area contributed by atoms with Gasteiger partial charge in [-0.1, -0.05) is 19.0 Å². The lowest BCUT2D eigenvalue weighted by Gasteiger charge is -2.01. The Morgan fingerprint density at radius 3 is 2.92 bits per heavy atom. The van der Waals surface area contributed by atoms with E-state index < -0.39 is 5.76 Å². The summed E-state index contributed by atoms with van der Waals surface area (Å²) in [5, 5.41) is 12.0. The van der Waals surface area contributed by atoms with Crippen molar-refractivity contribution in [2.24, 2.45) is 5.92 Å². The highest BCUT2D eigenvalue weighted by Crippen LogP contribution is 2.02. The molecule has 1 heterocycles. The Bertz CT molecular complexity index is 369. The molecule has 1 rings (SSSR count). The molecule has 0 saturated carbocycles. The highest BCUT2D eigenvalue weighted by atomic mass is 16.5. The van der Waals surface area contributed by atoms with Gasteiger partial charge in [0.1, 0.15) is 6.54 Å². The van der Waals surface area contributed by atoms with E-state index in [1.54, 1.807) is 0 Å². The monoisotopic (exact) mass is 181 g/mol. The van der Waals surface area contributed by atoms with Gasteiger partial charge >= 0.3 is 5.76 Å². The second-order valence-electron chi connectivity index (χ2n) is 3.21. The third-order valence-corrected chi connectivity index (χ3v) is 1.58. The van der Waals surface area contributed by atoms with Crippen LogP contribution in [0.3, 0.4) is 0 Å². The molecule has 1 aromatic heterocycles. The van der Waals surface area contributed by atoms with E-state index in [1.807, 2.05) is 19.9 Å². The van der Waals surface area contributed by atoms with Crippen LogP contribution in [0, 0.1) is 17.2 Å². The maximum absolute atomic E-state index is 11.0. The maximum atomic E-state index is 11.0. The summed E-state index contributed by atoms with van der Waals surface area (Å²) < 4.78 is 5.71. The van der Waals surface area contributed by atoms with E-state index in [-0.39, 0.29) is 6.54 Å². The Hall–Kier alpha value is -1.57. The van der Waals surface area contributed by atoms with Gasteiger partial charge in [-0.2, -0.15) is 5.26 Å². The van der Waals surface area contributed by atoms with Gasteiger partial charge in [0.25, 0.3) is 0 Å². The van der Waals surface area contributed by atoms with Gasteiger partial charge < -0.3 is 0 Å². The predicted octanol–water partition coefficient (Wildman–Crippen LogP) is 0.558. The average molecular weight is 181 g/mol. The molecule has 0 bridgehead atoms. The normalized spacial score (nSPS) is 10.3. The molecule has 5 nitrogen and oxygen atoms in total. The molecule has 0 aromatic carbocycles. The Morgan fingerprint density at radius 2 is 2.38 bits per heavy atom. The number of hydrogen-bond donors (Lipinski definition) is 0. The van der Waals surface area contributed by atoms with E-state index in [4.69, 9.17) is 5.26 Å². The first-order valence-electron chi connectivity index (χ1n) is 4.07. The first-order valence-corrected chi connectivity index (χ1v) is 4.07. The van der Waals surface area contributed by atoms with Crippen molar-refractivity contribution in [3.05, 3.63) is 16.4 Å². The van der Waals surface area contributed by atoms with Gasteiger partial charge in [-0.15, -0.1) is 0 Å². The molecule has 0 saturated heterocycles. The molecule has 0 unspecified atom stereocenters. The first kappa shape index (κ1) is 9.52. The average Bonchev–Trinajstić information content (AvgIpc) is 2.35. The molecule has 0 aliphatic carbocycles. The van der Waals surface area contributed by atoms with Crippen LogP contribution in [0.1, 0.15) is 19.7 Å². The highest BCUT2D eigenvalue weighted by Gasteiger charge is 2.10. The molecule has 0 spiro atoms. The predicted molar refractivity (Wildman–Crippen MR) is 44.9 cm³/mol. The Labute approximate surface area is 75.6 Å². The zero-order valence-electron chi connectivity index (χ0n) is 7.65. The quantitative estimate of drug-likeness (QED) is 0.683. The van der Waals surface area contributed by atoms with Crippen molar-refractivity contribution in [3.63, 3.8) is 0 Å². The van der Waals surface area contributed by atoms with Crippen molar-refractivity contribution in [1.29, 1.82) is 5.26 Å². The van der Waals surface area contributed by atoms with Crippen LogP contribution in [0.25, 0.3) is 0 Å². The molecule has 0 radical (unpaired) electrons. The van der Waals surface area contributed by atoms with Crippen LogP contribution >= 0.6 is 0 Å². The SMILES string of the molecule is CC(C)Cc1noc(=O)n1CC#N. The first-order chi connectivity index (χ1) is 6.15. The zero-order chi connectivity index (χ0) is 9.84. The molecule has 0 amide bonds. The summed E-state index contributed by atoms with van der Waals surface area (Å²) in [5.41, 5.74) is 0. The smallest absolute Gasteiger partial charge is 0.296 e. The molecule has 70 valence electrons. The van der Waals surface area contributed by atoms with Gasteiger partial charge in [0.15, 0.2) is 5.82 Å². The Morgan fingerprint density at radius 1 is 1.69 bits per heavy atom. The van der Waals surface area contributed by atoms with Gasteiger partial charge in [0.05, 0.1) is 6.07 Å². The van der Waals surface area contributed by atoms with Gasteiger partial charge in [-0.25, -0.2) is 9.36 Å². The van der Waals surface area contributed by atoms with Gasteiger partial charge in [-0.05, 0) is 5.92 Å².